The summed E-state index contributed by atoms with van der Waals surface area (Å²) in [7, 11) is -2.66. The molecule has 1 amide bonds. The van der Waals surface area contributed by atoms with Crippen LogP contribution >= 0.6 is 0 Å². The lowest BCUT2D eigenvalue weighted by atomic mass is 10.0. The Morgan fingerprint density at radius 3 is 2.54 bits per heavy atom. The number of benzene rings is 3. The molecule has 0 aromatic heterocycles. The summed E-state index contributed by atoms with van der Waals surface area (Å²) in [6.45, 7) is 1.78. The number of nitro benzene ring substituents is 1. The third-order valence-corrected chi connectivity index (χ3v) is 7.62. The van der Waals surface area contributed by atoms with Crippen LogP contribution in [0.5, 0.6) is 5.75 Å². The number of nitro groups is 1. The SMILES string of the molecule is COc1cc([N+](=O)[O-])ccc1C(=O)N1CCCC(OCCOS(=O)(=O)c2ccc(C)cc2)c2cc(F)ccc21. The molecule has 1 aliphatic rings. The van der Waals surface area contributed by atoms with E-state index in [0.717, 1.165) is 5.56 Å². The fourth-order valence-electron chi connectivity index (χ4n) is 4.35. The first-order valence-electron chi connectivity index (χ1n) is 12.1. The topological polar surface area (TPSA) is 125 Å². The maximum Gasteiger partial charge on any atom is 0.297 e. The van der Waals surface area contributed by atoms with E-state index in [2.05, 4.69) is 0 Å². The summed E-state index contributed by atoms with van der Waals surface area (Å²) in [6.07, 6.45) is 0.297. The number of methoxy groups -OCH3 is 1. The Bertz CT molecular complexity index is 1480. The van der Waals surface area contributed by atoms with Gasteiger partial charge in [0, 0.05) is 23.9 Å². The summed E-state index contributed by atoms with van der Waals surface area (Å²) in [6, 6.07) is 14.0. The number of rotatable bonds is 9. The number of carbonyl (C=O) groups is 1. The first-order valence-corrected chi connectivity index (χ1v) is 13.5. The van der Waals surface area contributed by atoms with Gasteiger partial charge in [0.2, 0.25) is 0 Å². The van der Waals surface area contributed by atoms with Gasteiger partial charge in [0.05, 0.1) is 47.9 Å². The molecular formula is C27H27FN2O8S. The molecule has 0 saturated carbocycles. The van der Waals surface area contributed by atoms with E-state index in [1.807, 2.05) is 6.92 Å². The van der Waals surface area contributed by atoms with E-state index in [0.29, 0.717) is 24.1 Å². The molecule has 0 radical (unpaired) electrons. The molecule has 0 bridgehead atoms. The third kappa shape index (κ3) is 6.41. The van der Waals surface area contributed by atoms with Crippen LogP contribution in [0.4, 0.5) is 15.8 Å². The Morgan fingerprint density at radius 2 is 1.85 bits per heavy atom. The summed E-state index contributed by atoms with van der Waals surface area (Å²) < 4.78 is 55.4. The van der Waals surface area contributed by atoms with Crippen LogP contribution in [0.3, 0.4) is 0 Å². The number of carbonyl (C=O) groups excluding carboxylic acids is 1. The lowest BCUT2D eigenvalue weighted by Crippen LogP contribution is -2.32. The number of hydrogen-bond donors (Lipinski definition) is 0. The van der Waals surface area contributed by atoms with Crippen molar-refractivity contribution in [3.63, 3.8) is 0 Å². The van der Waals surface area contributed by atoms with Crippen LogP contribution in [-0.4, -0.2) is 46.1 Å². The van der Waals surface area contributed by atoms with Crippen molar-refractivity contribution < 1.29 is 36.2 Å². The summed E-state index contributed by atoms with van der Waals surface area (Å²) in [5, 5.41) is 11.1. The Labute approximate surface area is 225 Å². The van der Waals surface area contributed by atoms with Gasteiger partial charge in [-0.15, -0.1) is 0 Å². The van der Waals surface area contributed by atoms with Gasteiger partial charge in [-0.3, -0.25) is 19.1 Å². The van der Waals surface area contributed by atoms with Crippen molar-refractivity contribution in [2.45, 2.75) is 30.8 Å². The molecule has 1 atom stereocenters. The smallest absolute Gasteiger partial charge is 0.297 e. The number of fused-ring (bicyclic) bond motifs is 1. The van der Waals surface area contributed by atoms with Gasteiger partial charge in [-0.05, 0) is 56.2 Å². The van der Waals surface area contributed by atoms with Crippen LogP contribution < -0.4 is 9.64 Å². The van der Waals surface area contributed by atoms with Gasteiger partial charge in [-0.2, -0.15) is 8.42 Å². The van der Waals surface area contributed by atoms with E-state index < -0.39 is 32.9 Å². The van der Waals surface area contributed by atoms with E-state index in [1.165, 1.54) is 60.5 Å². The van der Waals surface area contributed by atoms with Gasteiger partial charge in [-0.25, -0.2) is 4.39 Å². The van der Waals surface area contributed by atoms with Crippen LogP contribution in [-0.2, 0) is 19.0 Å². The summed E-state index contributed by atoms with van der Waals surface area (Å²) in [5.74, 6) is -0.951. The zero-order valence-corrected chi connectivity index (χ0v) is 22.1. The van der Waals surface area contributed by atoms with E-state index in [4.69, 9.17) is 13.7 Å². The zero-order valence-electron chi connectivity index (χ0n) is 21.3. The van der Waals surface area contributed by atoms with E-state index >= 15 is 0 Å². The van der Waals surface area contributed by atoms with Gasteiger partial charge < -0.3 is 14.4 Å². The number of halogens is 1. The van der Waals surface area contributed by atoms with E-state index in [1.54, 1.807) is 12.1 Å². The number of aryl methyl sites for hydroxylation is 1. The second kappa shape index (κ2) is 11.9. The molecule has 4 rings (SSSR count). The van der Waals surface area contributed by atoms with Crippen LogP contribution in [0.15, 0.2) is 65.6 Å². The molecule has 0 saturated heterocycles. The largest absolute Gasteiger partial charge is 0.496 e. The van der Waals surface area contributed by atoms with Crippen LogP contribution in [0.2, 0.25) is 0 Å². The highest BCUT2D eigenvalue weighted by molar-refractivity contribution is 7.86. The summed E-state index contributed by atoms with van der Waals surface area (Å²) >= 11 is 0. The molecule has 0 N–H and O–H groups in total. The second-order valence-electron chi connectivity index (χ2n) is 8.89. The fraction of sp³-hybridized carbons (Fsp3) is 0.296. The molecule has 3 aromatic carbocycles. The van der Waals surface area contributed by atoms with Gasteiger partial charge in [-0.1, -0.05) is 17.7 Å². The predicted octanol–water partition coefficient (Wildman–Crippen LogP) is 4.95. The maximum absolute atomic E-state index is 14.3. The lowest BCUT2D eigenvalue weighted by molar-refractivity contribution is -0.384. The predicted molar refractivity (Wildman–Crippen MR) is 140 cm³/mol. The second-order valence-corrected chi connectivity index (χ2v) is 10.5. The van der Waals surface area contributed by atoms with Crippen molar-refractivity contribution >= 4 is 27.4 Å². The molecule has 0 spiro atoms. The van der Waals surface area contributed by atoms with Gasteiger partial charge >= 0.3 is 0 Å². The standard InChI is InChI=1S/C27H27FN2O8S/c1-18-5-9-21(10-6-18)39(34,35)38-15-14-37-25-4-3-13-29(24-12-7-19(28)16-23(24)25)27(31)22-11-8-20(30(32)33)17-26(22)36-2/h5-12,16-17,25H,3-4,13-15H2,1-2H3. The fourth-order valence-corrected chi connectivity index (χ4v) is 5.24. The highest BCUT2D eigenvalue weighted by atomic mass is 32.2. The number of hydrogen-bond acceptors (Lipinski definition) is 8. The molecule has 12 heteroatoms. The van der Waals surface area contributed by atoms with Crippen molar-refractivity contribution in [3.8, 4) is 5.75 Å². The Hall–Kier alpha value is -3.87. The number of ether oxygens (including phenoxy) is 2. The molecule has 1 unspecified atom stereocenters. The summed E-state index contributed by atoms with van der Waals surface area (Å²) in [5.41, 5.74) is 1.64. The Kier molecular flexibility index (Phi) is 8.58. The van der Waals surface area contributed by atoms with Crippen molar-refractivity contribution in [1.29, 1.82) is 0 Å². The minimum atomic E-state index is -3.97. The highest BCUT2D eigenvalue weighted by Gasteiger charge is 2.30. The van der Waals surface area contributed by atoms with Gasteiger partial charge in [0.25, 0.3) is 21.7 Å². The third-order valence-electron chi connectivity index (χ3n) is 6.30. The molecule has 1 heterocycles. The van der Waals surface area contributed by atoms with E-state index in [9.17, 15) is 27.7 Å². The Balaban J connectivity index is 1.51. The molecular weight excluding hydrogens is 531 g/mol. The Morgan fingerprint density at radius 1 is 1.10 bits per heavy atom. The number of anilines is 1. The molecule has 39 heavy (non-hydrogen) atoms. The average Bonchev–Trinajstić information content (AvgIpc) is 3.09. The quantitative estimate of drug-likeness (QED) is 0.156. The lowest BCUT2D eigenvalue weighted by Gasteiger charge is -2.25. The van der Waals surface area contributed by atoms with Crippen molar-refractivity contribution in [3.05, 3.63) is 93.3 Å². The first-order chi connectivity index (χ1) is 18.6. The molecule has 0 fully saturated rings. The van der Waals surface area contributed by atoms with E-state index in [-0.39, 0.29) is 41.7 Å². The minimum absolute atomic E-state index is 0.0332. The number of nitrogens with zero attached hydrogens (tertiary/aromatic N) is 2. The molecule has 3 aromatic rings. The van der Waals surface area contributed by atoms with Gasteiger partial charge in [0.15, 0.2) is 0 Å². The van der Waals surface area contributed by atoms with Crippen molar-refractivity contribution in [1.82, 2.24) is 0 Å². The molecule has 1 aliphatic heterocycles. The molecule has 10 nitrogen and oxygen atoms in total. The number of amides is 1. The van der Waals surface area contributed by atoms with Crippen molar-refractivity contribution in [2.24, 2.45) is 0 Å². The van der Waals surface area contributed by atoms with Crippen LogP contribution in [0.25, 0.3) is 0 Å². The molecule has 0 aliphatic carbocycles. The minimum Gasteiger partial charge on any atom is -0.496 e. The zero-order chi connectivity index (χ0) is 28.2. The number of non-ortho nitro benzene ring substituents is 1. The highest BCUT2D eigenvalue weighted by Crippen LogP contribution is 2.37. The van der Waals surface area contributed by atoms with Crippen LogP contribution in [0.1, 0.15) is 40.4 Å². The maximum atomic E-state index is 14.3. The van der Waals surface area contributed by atoms with Crippen molar-refractivity contribution in [2.75, 3.05) is 31.8 Å². The average molecular weight is 559 g/mol. The summed E-state index contributed by atoms with van der Waals surface area (Å²) in [4.78, 5) is 25.6. The normalized spacial score (nSPS) is 15.4. The van der Waals surface area contributed by atoms with Gasteiger partial charge in [0.1, 0.15) is 11.6 Å². The van der Waals surface area contributed by atoms with Crippen LogP contribution in [0, 0.1) is 22.9 Å². The monoisotopic (exact) mass is 558 g/mol. The molecule has 206 valence electrons. The first kappa shape index (κ1) is 28.1.